The second-order valence-corrected chi connectivity index (χ2v) is 17.5. The minimum atomic E-state index is -0.480. The van der Waals surface area contributed by atoms with Crippen molar-refractivity contribution in [1.82, 2.24) is 14.5 Å². The highest BCUT2D eigenvalue weighted by Crippen LogP contribution is 2.51. The van der Waals surface area contributed by atoms with E-state index in [1.807, 2.05) is 6.20 Å². The van der Waals surface area contributed by atoms with Crippen LogP contribution in [0.4, 0.5) is 11.4 Å². The van der Waals surface area contributed by atoms with E-state index in [4.69, 9.17) is 9.72 Å². The van der Waals surface area contributed by atoms with Crippen molar-refractivity contribution < 1.29 is 4.74 Å². The topological polar surface area (TPSA) is 33.5 Å². The lowest BCUT2D eigenvalue weighted by molar-refractivity contribution is 0.192. The van der Waals surface area contributed by atoms with Gasteiger partial charge in [-0.05, 0) is 88.7 Å². The quantitative estimate of drug-likeness (QED) is 0.170. The molecule has 8 aromatic rings. The monoisotopic (exact) mass is 746 g/mol. The average Bonchev–Trinajstić information content (AvgIpc) is 3.54. The fraction of sp³-hybridized carbons (Fsp3) is 0.212. The molecule has 284 valence electrons. The molecule has 0 fully saturated rings. The molecule has 0 saturated heterocycles. The summed E-state index contributed by atoms with van der Waals surface area (Å²) in [6.07, 6.45) is 1.93. The average molecular weight is 747 g/mol. The molecule has 0 unspecified atom stereocenters. The molecule has 6 aromatic carbocycles. The van der Waals surface area contributed by atoms with E-state index in [0.717, 1.165) is 34.0 Å². The number of nitrogens with zero attached hydrogens (tertiary/aromatic N) is 4. The summed E-state index contributed by atoms with van der Waals surface area (Å²) in [4.78, 5) is 9.82. The van der Waals surface area contributed by atoms with Gasteiger partial charge in [-0.1, -0.05) is 139 Å². The zero-order chi connectivity index (χ0) is 39.5. The molecule has 2 aromatic heterocycles. The van der Waals surface area contributed by atoms with Gasteiger partial charge in [-0.3, -0.25) is 9.47 Å². The van der Waals surface area contributed by atoms with Gasteiger partial charge < -0.3 is 9.64 Å². The van der Waals surface area contributed by atoms with Crippen LogP contribution in [-0.4, -0.2) is 28.2 Å². The highest BCUT2D eigenvalue weighted by atomic mass is 16.5. The van der Waals surface area contributed by atoms with Crippen LogP contribution in [0.25, 0.3) is 27.6 Å². The largest absolute Gasteiger partial charge is 0.457 e. The van der Waals surface area contributed by atoms with E-state index in [0.29, 0.717) is 6.67 Å². The van der Waals surface area contributed by atoms with Crippen LogP contribution in [0.1, 0.15) is 69.4 Å². The van der Waals surface area contributed by atoms with E-state index in [9.17, 15) is 0 Å². The first-order valence-corrected chi connectivity index (χ1v) is 20.0. The molecule has 0 bridgehead atoms. The normalized spacial score (nSPS) is 14.5. The van der Waals surface area contributed by atoms with Crippen molar-refractivity contribution in [2.75, 3.05) is 18.6 Å². The van der Waals surface area contributed by atoms with Gasteiger partial charge in [0.05, 0.1) is 17.7 Å². The number of hydrogen-bond acceptors (Lipinski definition) is 4. The first-order chi connectivity index (χ1) is 27.4. The Morgan fingerprint density at radius 2 is 1.19 bits per heavy atom. The van der Waals surface area contributed by atoms with Gasteiger partial charge in [-0.15, -0.1) is 0 Å². The molecule has 57 heavy (non-hydrogen) atoms. The summed E-state index contributed by atoms with van der Waals surface area (Å²) in [6, 6.07) is 56.8. The first kappa shape index (κ1) is 36.5. The lowest BCUT2D eigenvalue weighted by Crippen LogP contribution is -2.54. The molecular formula is C52H50N4O. The molecule has 0 radical (unpaired) electrons. The standard InChI is InChI=1S/C52H50N4O/c1-50(2,3)38-28-29-53-49(32-38)56-46-24-16-14-22-43(46)44-27-26-41(34-48(44)56)57-42-31-39(51(4,5)6)30-40(33-42)55-35-54(7)52(36-18-10-8-11-19-36,37-20-12-9-13-21-37)45-23-15-17-25-47(45)55/h8-34H,35H2,1-7H3. The maximum atomic E-state index is 6.94. The van der Waals surface area contributed by atoms with Gasteiger partial charge in [0.15, 0.2) is 0 Å². The fourth-order valence-corrected chi connectivity index (χ4v) is 8.75. The molecule has 0 aliphatic carbocycles. The fourth-order valence-electron chi connectivity index (χ4n) is 8.75. The summed E-state index contributed by atoms with van der Waals surface area (Å²) in [6.45, 7) is 14.2. The van der Waals surface area contributed by atoms with Crippen molar-refractivity contribution in [1.29, 1.82) is 0 Å². The number of rotatable bonds is 6. The van der Waals surface area contributed by atoms with Gasteiger partial charge in [0, 0.05) is 46.0 Å². The molecule has 1 aliphatic heterocycles. The molecule has 1 aliphatic rings. The van der Waals surface area contributed by atoms with E-state index in [-0.39, 0.29) is 10.8 Å². The molecule has 5 heteroatoms. The van der Waals surface area contributed by atoms with Crippen LogP contribution in [-0.2, 0) is 16.4 Å². The van der Waals surface area contributed by atoms with Crippen LogP contribution in [0.2, 0.25) is 0 Å². The second kappa shape index (κ2) is 13.8. The number of para-hydroxylation sites is 2. The third-order valence-electron chi connectivity index (χ3n) is 11.7. The van der Waals surface area contributed by atoms with Crippen LogP contribution in [0.5, 0.6) is 11.5 Å². The Hall–Kier alpha value is -6.17. The zero-order valence-electron chi connectivity index (χ0n) is 34.0. The third kappa shape index (κ3) is 6.27. The molecule has 5 nitrogen and oxygen atoms in total. The summed E-state index contributed by atoms with van der Waals surface area (Å²) in [5, 5.41) is 2.35. The minimum absolute atomic E-state index is 0.00519. The number of pyridine rings is 1. The smallest absolute Gasteiger partial charge is 0.137 e. The van der Waals surface area contributed by atoms with Crippen molar-refractivity contribution in [3.05, 3.63) is 192 Å². The second-order valence-electron chi connectivity index (χ2n) is 17.5. The summed E-state index contributed by atoms with van der Waals surface area (Å²) >= 11 is 0. The van der Waals surface area contributed by atoms with Crippen LogP contribution in [0.15, 0.2) is 164 Å². The third-order valence-corrected chi connectivity index (χ3v) is 11.7. The van der Waals surface area contributed by atoms with Crippen molar-refractivity contribution in [2.24, 2.45) is 0 Å². The Morgan fingerprint density at radius 1 is 0.561 bits per heavy atom. The predicted molar refractivity (Wildman–Crippen MR) is 236 cm³/mol. The van der Waals surface area contributed by atoms with E-state index in [1.165, 1.54) is 44.3 Å². The van der Waals surface area contributed by atoms with Gasteiger partial charge in [0.2, 0.25) is 0 Å². The number of anilines is 2. The first-order valence-electron chi connectivity index (χ1n) is 20.0. The molecule has 0 N–H and O–H groups in total. The maximum Gasteiger partial charge on any atom is 0.137 e. The molecule has 0 amide bonds. The van der Waals surface area contributed by atoms with Crippen molar-refractivity contribution in [3.8, 4) is 17.3 Å². The molecule has 0 atom stereocenters. The lowest BCUT2D eigenvalue weighted by Gasteiger charge is -2.51. The number of aromatic nitrogens is 2. The molecular weight excluding hydrogens is 697 g/mol. The molecule has 0 spiro atoms. The maximum absolute atomic E-state index is 6.94. The Labute approximate surface area is 336 Å². The predicted octanol–water partition coefficient (Wildman–Crippen LogP) is 12.9. The molecule has 3 heterocycles. The minimum Gasteiger partial charge on any atom is -0.457 e. The molecule has 0 saturated carbocycles. The van der Waals surface area contributed by atoms with E-state index < -0.39 is 5.54 Å². The lowest BCUT2D eigenvalue weighted by atomic mass is 9.74. The number of hydrogen-bond donors (Lipinski definition) is 0. The van der Waals surface area contributed by atoms with Crippen LogP contribution >= 0.6 is 0 Å². The summed E-state index contributed by atoms with van der Waals surface area (Å²) in [5.41, 5.74) is 10.0. The number of ether oxygens (including phenoxy) is 1. The van der Waals surface area contributed by atoms with Gasteiger partial charge in [-0.25, -0.2) is 4.98 Å². The van der Waals surface area contributed by atoms with Gasteiger partial charge in [-0.2, -0.15) is 0 Å². The highest BCUT2D eigenvalue weighted by molar-refractivity contribution is 6.09. The van der Waals surface area contributed by atoms with Gasteiger partial charge in [0.25, 0.3) is 0 Å². The number of fused-ring (bicyclic) bond motifs is 4. The Morgan fingerprint density at radius 3 is 1.89 bits per heavy atom. The number of benzene rings is 6. The van der Waals surface area contributed by atoms with Gasteiger partial charge in [0.1, 0.15) is 22.9 Å². The Kier molecular flexibility index (Phi) is 8.82. The van der Waals surface area contributed by atoms with Gasteiger partial charge >= 0.3 is 0 Å². The zero-order valence-corrected chi connectivity index (χ0v) is 34.0. The Balaban J connectivity index is 1.17. The van der Waals surface area contributed by atoms with Crippen molar-refractivity contribution in [3.63, 3.8) is 0 Å². The molecule has 9 rings (SSSR count). The van der Waals surface area contributed by atoms with Crippen molar-refractivity contribution >= 4 is 33.2 Å². The highest BCUT2D eigenvalue weighted by Gasteiger charge is 2.46. The van der Waals surface area contributed by atoms with Crippen LogP contribution < -0.4 is 9.64 Å². The van der Waals surface area contributed by atoms with Crippen LogP contribution in [0, 0.1) is 0 Å². The van der Waals surface area contributed by atoms with E-state index in [2.05, 4.69) is 221 Å². The van der Waals surface area contributed by atoms with E-state index in [1.54, 1.807) is 0 Å². The SMILES string of the molecule is CN1CN(c2cc(Oc3ccc4c5ccccc5n(-c5cc(C(C)(C)C)ccn5)c4c3)cc(C(C)(C)C)c2)c2ccccc2C1(c1ccccc1)c1ccccc1. The van der Waals surface area contributed by atoms with E-state index >= 15 is 0 Å². The van der Waals surface area contributed by atoms with Crippen LogP contribution in [0.3, 0.4) is 0 Å². The van der Waals surface area contributed by atoms with Crippen molar-refractivity contribution in [2.45, 2.75) is 57.9 Å². The summed E-state index contributed by atoms with van der Waals surface area (Å²) < 4.78 is 9.21. The Bertz CT molecular complexity index is 2700. The summed E-state index contributed by atoms with van der Waals surface area (Å²) in [5.74, 6) is 2.48. The summed E-state index contributed by atoms with van der Waals surface area (Å²) in [7, 11) is 2.24.